The van der Waals surface area contributed by atoms with Crippen LogP contribution >= 0.6 is 0 Å². The number of hydrogen-bond acceptors (Lipinski definition) is 1. The molecule has 2 aliphatic carbocycles. The lowest BCUT2D eigenvalue weighted by molar-refractivity contribution is 0.156. The van der Waals surface area contributed by atoms with Gasteiger partial charge in [-0.15, -0.1) is 0 Å². The van der Waals surface area contributed by atoms with Gasteiger partial charge in [0.1, 0.15) is 5.75 Å². The van der Waals surface area contributed by atoms with Gasteiger partial charge in [0, 0.05) is 0 Å². The number of phenolic OH excluding ortho intramolecular Hbond substituents is 1. The Bertz CT molecular complexity index is 449. The van der Waals surface area contributed by atoms with Gasteiger partial charge in [0.25, 0.3) is 0 Å². The molecule has 2 aliphatic rings. The third-order valence-electron chi connectivity index (χ3n) is 5.35. The third-order valence-corrected chi connectivity index (χ3v) is 5.35. The molecule has 1 aromatic carbocycles. The third kappa shape index (κ3) is 1.51. The minimum Gasteiger partial charge on any atom is -0.508 e. The molecule has 0 radical (unpaired) electrons. The SMILES string of the molecule is CC1(C)C[C@@]2(C)C[C@H]1C[C@H]2c1ccccc1O. The van der Waals surface area contributed by atoms with Crippen molar-refractivity contribution in [2.24, 2.45) is 16.7 Å². The highest BCUT2D eigenvalue weighted by Gasteiger charge is 2.57. The van der Waals surface area contributed by atoms with Crippen LogP contribution in [-0.4, -0.2) is 5.11 Å². The number of para-hydroxylation sites is 1. The molecule has 3 rings (SSSR count). The van der Waals surface area contributed by atoms with Crippen LogP contribution in [-0.2, 0) is 0 Å². The number of fused-ring (bicyclic) bond motifs is 2. The molecule has 0 aromatic heterocycles. The zero-order valence-corrected chi connectivity index (χ0v) is 11.0. The molecule has 0 amide bonds. The molecule has 1 N–H and O–H groups in total. The fourth-order valence-electron chi connectivity index (χ4n) is 4.62. The van der Waals surface area contributed by atoms with Crippen molar-refractivity contribution in [1.82, 2.24) is 0 Å². The van der Waals surface area contributed by atoms with E-state index in [1.807, 2.05) is 12.1 Å². The van der Waals surface area contributed by atoms with Crippen LogP contribution in [0, 0.1) is 16.7 Å². The van der Waals surface area contributed by atoms with Crippen molar-refractivity contribution in [2.45, 2.75) is 46.0 Å². The van der Waals surface area contributed by atoms with E-state index in [2.05, 4.69) is 32.9 Å². The number of phenols is 1. The van der Waals surface area contributed by atoms with Crippen molar-refractivity contribution in [3.63, 3.8) is 0 Å². The van der Waals surface area contributed by atoms with Crippen LogP contribution in [0.2, 0.25) is 0 Å². The van der Waals surface area contributed by atoms with Crippen LogP contribution in [0.3, 0.4) is 0 Å². The van der Waals surface area contributed by atoms with Gasteiger partial charge < -0.3 is 5.11 Å². The largest absolute Gasteiger partial charge is 0.508 e. The van der Waals surface area contributed by atoms with Crippen molar-refractivity contribution in [2.75, 3.05) is 0 Å². The predicted molar refractivity (Wildman–Crippen MR) is 70.1 cm³/mol. The first kappa shape index (κ1) is 11.1. The van der Waals surface area contributed by atoms with Crippen LogP contribution in [0.15, 0.2) is 24.3 Å². The van der Waals surface area contributed by atoms with Crippen molar-refractivity contribution >= 4 is 0 Å². The van der Waals surface area contributed by atoms with Gasteiger partial charge in [-0.25, -0.2) is 0 Å². The van der Waals surface area contributed by atoms with Crippen molar-refractivity contribution in [3.8, 4) is 5.75 Å². The fraction of sp³-hybridized carbons (Fsp3) is 0.625. The van der Waals surface area contributed by atoms with Crippen molar-refractivity contribution < 1.29 is 5.11 Å². The van der Waals surface area contributed by atoms with Crippen LogP contribution < -0.4 is 0 Å². The molecule has 3 atom stereocenters. The summed E-state index contributed by atoms with van der Waals surface area (Å²) < 4.78 is 0. The summed E-state index contributed by atoms with van der Waals surface area (Å²) in [6, 6.07) is 7.91. The van der Waals surface area contributed by atoms with Gasteiger partial charge in [-0.2, -0.15) is 0 Å². The molecule has 17 heavy (non-hydrogen) atoms. The van der Waals surface area contributed by atoms with Crippen LogP contribution in [0.25, 0.3) is 0 Å². The fourth-order valence-corrected chi connectivity index (χ4v) is 4.62. The van der Waals surface area contributed by atoms with Crippen molar-refractivity contribution in [3.05, 3.63) is 29.8 Å². The Morgan fingerprint density at radius 1 is 1.18 bits per heavy atom. The van der Waals surface area contributed by atoms with Gasteiger partial charge in [0.15, 0.2) is 0 Å². The Hall–Kier alpha value is -0.980. The van der Waals surface area contributed by atoms with Gasteiger partial charge in [0.05, 0.1) is 0 Å². The summed E-state index contributed by atoms with van der Waals surface area (Å²) in [5.74, 6) is 1.88. The molecule has 0 spiro atoms. The number of aromatic hydroxyl groups is 1. The maximum atomic E-state index is 10.0. The van der Waals surface area contributed by atoms with E-state index < -0.39 is 0 Å². The highest BCUT2D eigenvalue weighted by molar-refractivity contribution is 5.38. The Morgan fingerprint density at radius 2 is 1.88 bits per heavy atom. The molecule has 1 heteroatoms. The standard InChI is InChI=1S/C16H22O/c1-15(2)10-16(3)9-11(15)8-13(16)12-6-4-5-7-14(12)17/h4-7,11,13,17H,8-10H2,1-3H3/t11-,13+,16-/m1/s1. The van der Waals surface area contributed by atoms with Crippen molar-refractivity contribution in [1.29, 1.82) is 0 Å². The smallest absolute Gasteiger partial charge is 0.119 e. The van der Waals surface area contributed by atoms with E-state index in [0.29, 0.717) is 22.5 Å². The summed E-state index contributed by atoms with van der Waals surface area (Å²) in [7, 11) is 0. The first-order valence-corrected chi connectivity index (χ1v) is 6.70. The Labute approximate surface area is 104 Å². The molecule has 2 saturated carbocycles. The molecule has 0 unspecified atom stereocenters. The van der Waals surface area contributed by atoms with Gasteiger partial charge in [-0.3, -0.25) is 0 Å². The van der Waals surface area contributed by atoms with E-state index in [0.717, 1.165) is 5.92 Å². The lowest BCUT2D eigenvalue weighted by atomic mass is 9.65. The zero-order chi connectivity index (χ0) is 12.3. The second-order valence-electron chi connectivity index (χ2n) is 7.07. The summed E-state index contributed by atoms with van der Waals surface area (Å²) in [5.41, 5.74) is 2.07. The molecular weight excluding hydrogens is 208 g/mol. The lowest BCUT2D eigenvalue weighted by Gasteiger charge is -2.39. The summed E-state index contributed by atoms with van der Waals surface area (Å²) in [4.78, 5) is 0. The topological polar surface area (TPSA) is 20.2 Å². The van der Waals surface area contributed by atoms with E-state index in [1.54, 1.807) is 0 Å². The number of benzene rings is 1. The molecule has 0 aliphatic heterocycles. The zero-order valence-electron chi connectivity index (χ0n) is 11.0. The Kier molecular flexibility index (Phi) is 2.14. The highest BCUT2D eigenvalue weighted by Crippen LogP contribution is 2.68. The summed E-state index contributed by atoms with van der Waals surface area (Å²) >= 11 is 0. The number of hydrogen-bond donors (Lipinski definition) is 1. The highest BCUT2D eigenvalue weighted by atomic mass is 16.3. The van der Waals surface area contributed by atoms with E-state index in [1.165, 1.54) is 24.8 Å². The molecule has 92 valence electrons. The molecular formula is C16H22O. The quantitative estimate of drug-likeness (QED) is 0.761. The first-order valence-electron chi connectivity index (χ1n) is 6.70. The van der Waals surface area contributed by atoms with Crippen LogP contribution in [0.4, 0.5) is 0 Å². The van der Waals surface area contributed by atoms with Gasteiger partial charge in [-0.1, -0.05) is 39.0 Å². The molecule has 0 heterocycles. The Morgan fingerprint density at radius 3 is 2.41 bits per heavy atom. The molecule has 2 bridgehead atoms. The van der Waals surface area contributed by atoms with E-state index in [9.17, 15) is 5.11 Å². The monoisotopic (exact) mass is 230 g/mol. The van der Waals surface area contributed by atoms with E-state index in [4.69, 9.17) is 0 Å². The predicted octanol–water partition coefficient (Wildman–Crippen LogP) is 4.32. The van der Waals surface area contributed by atoms with Crippen LogP contribution in [0.5, 0.6) is 5.75 Å². The van der Waals surface area contributed by atoms with Gasteiger partial charge in [-0.05, 0) is 53.6 Å². The first-order chi connectivity index (χ1) is 7.92. The molecule has 1 aromatic rings. The minimum atomic E-state index is 0.396. The molecule has 0 saturated heterocycles. The maximum absolute atomic E-state index is 10.0. The van der Waals surface area contributed by atoms with Gasteiger partial charge >= 0.3 is 0 Å². The second kappa shape index (κ2) is 3.28. The number of rotatable bonds is 1. The summed E-state index contributed by atoms with van der Waals surface area (Å²) in [6.45, 7) is 7.23. The Balaban J connectivity index is 1.97. The molecule has 2 fully saturated rings. The normalized spacial score (nSPS) is 38.5. The van der Waals surface area contributed by atoms with Gasteiger partial charge in [0.2, 0.25) is 0 Å². The summed E-state index contributed by atoms with van der Waals surface area (Å²) in [6.07, 6.45) is 3.88. The maximum Gasteiger partial charge on any atom is 0.119 e. The summed E-state index contributed by atoms with van der Waals surface area (Å²) in [5, 5.41) is 10.0. The molecule has 1 nitrogen and oxygen atoms in total. The lowest BCUT2D eigenvalue weighted by Crippen LogP contribution is -2.28. The van der Waals surface area contributed by atoms with Crippen LogP contribution in [0.1, 0.15) is 51.5 Å². The average molecular weight is 230 g/mol. The van der Waals surface area contributed by atoms with E-state index >= 15 is 0 Å². The second-order valence-corrected chi connectivity index (χ2v) is 7.07. The minimum absolute atomic E-state index is 0.396. The average Bonchev–Trinajstić information content (AvgIpc) is 2.66. The van der Waals surface area contributed by atoms with E-state index in [-0.39, 0.29) is 0 Å².